The second-order valence-corrected chi connectivity index (χ2v) is 8.41. The summed E-state index contributed by atoms with van der Waals surface area (Å²) >= 11 is 0. The molecule has 4 rings (SSSR count). The van der Waals surface area contributed by atoms with Crippen molar-refractivity contribution in [3.8, 4) is 34.1 Å². The zero-order valence-electron chi connectivity index (χ0n) is 19.6. The first-order chi connectivity index (χ1) is 16.6. The summed E-state index contributed by atoms with van der Waals surface area (Å²) in [5.74, 6) is 2.09. The van der Waals surface area contributed by atoms with Gasteiger partial charge in [0.2, 0.25) is 0 Å². The van der Waals surface area contributed by atoms with Crippen molar-refractivity contribution in [1.82, 2.24) is 0 Å². The third kappa shape index (κ3) is 5.70. The lowest BCUT2D eigenvalue weighted by atomic mass is 9.95. The Bertz CT molecular complexity index is 1260. The summed E-state index contributed by atoms with van der Waals surface area (Å²) in [5.41, 5.74) is 6.21. The minimum Gasteiger partial charge on any atom is -0.508 e. The normalized spacial score (nSPS) is 10.8. The van der Waals surface area contributed by atoms with Crippen LogP contribution in [0.5, 0.6) is 23.0 Å². The quantitative estimate of drug-likeness (QED) is 0.309. The fourth-order valence-corrected chi connectivity index (χ4v) is 4.19. The monoisotopic (exact) mass is 454 g/mol. The average molecular weight is 455 g/mol. The van der Waals surface area contributed by atoms with Crippen LogP contribution in [0.1, 0.15) is 22.3 Å². The molecular formula is C30H30O4. The van der Waals surface area contributed by atoms with Crippen LogP contribution in [0.2, 0.25) is 0 Å². The Hall–Kier alpha value is -3.92. The molecule has 0 aliphatic heterocycles. The highest BCUT2D eigenvalue weighted by Crippen LogP contribution is 2.37. The molecule has 0 atom stereocenters. The molecule has 0 aromatic heterocycles. The fraction of sp³-hybridized carbons (Fsp3) is 0.200. The highest BCUT2D eigenvalue weighted by molar-refractivity contribution is 5.76. The van der Waals surface area contributed by atoms with E-state index in [1.54, 1.807) is 32.4 Å². The van der Waals surface area contributed by atoms with Crippen LogP contribution in [0.15, 0.2) is 84.9 Å². The summed E-state index contributed by atoms with van der Waals surface area (Å²) in [5, 5.41) is 20.4. The molecule has 174 valence electrons. The maximum atomic E-state index is 10.7. The predicted octanol–water partition coefficient (Wildman–Crippen LogP) is 6.35. The first-order valence-electron chi connectivity index (χ1n) is 11.5. The number of aromatic hydroxyl groups is 2. The zero-order chi connectivity index (χ0) is 23.9. The third-order valence-electron chi connectivity index (χ3n) is 6.06. The van der Waals surface area contributed by atoms with E-state index in [0.717, 1.165) is 65.0 Å². The maximum Gasteiger partial charge on any atom is 0.126 e. The van der Waals surface area contributed by atoms with E-state index < -0.39 is 0 Å². The molecule has 0 radical (unpaired) electrons. The first-order valence-corrected chi connectivity index (χ1v) is 11.5. The maximum absolute atomic E-state index is 10.7. The Labute approximate surface area is 201 Å². The lowest BCUT2D eigenvalue weighted by Gasteiger charge is -2.14. The van der Waals surface area contributed by atoms with Gasteiger partial charge >= 0.3 is 0 Å². The Kier molecular flexibility index (Phi) is 7.38. The van der Waals surface area contributed by atoms with Crippen molar-refractivity contribution < 1.29 is 19.7 Å². The van der Waals surface area contributed by atoms with Crippen LogP contribution < -0.4 is 9.47 Å². The number of benzene rings is 4. The van der Waals surface area contributed by atoms with Gasteiger partial charge in [-0.1, -0.05) is 36.4 Å². The van der Waals surface area contributed by atoms with Gasteiger partial charge in [0.25, 0.3) is 0 Å². The van der Waals surface area contributed by atoms with Gasteiger partial charge in [-0.15, -0.1) is 0 Å². The number of aryl methyl sites for hydroxylation is 4. The lowest BCUT2D eigenvalue weighted by Crippen LogP contribution is -1.96. The number of hydrogen-bond donors (Lipinski definition) is 2. The van der Waals surface area contributed by atoms with Gasteiger partial charge in [0, 0.05) is 11.1 Å². The largest absolute Gasteiger partial charge is 0.508 e. The van der Waals surface area contributed by atoms with Gasteiger partial charge in [0.05, 0.1) is 14.2 Å². The Morgan fingerprint density at radius 3 is 1.79 bits per heavy atom. The van der Waals surface area contributed by atoms with E-state index in [4.69, 9.17) is 9.47 Å². The molecule has 2 N–H and O–H groups in total. The van der Waals surface area contributed by atoms with Crippen LogP contribution in [0, 0.1) is 0 Å². The molecule has 0 fully saturated rings. The van der Waals surface area contributed by atoms with E-state index in [2.05, 4.69) is 24.3 Å². The van der Waals surface area contributed by atoms with Crippen LogP contribution in [0.25, 0.3) is 11.1 Å². The Morgan fingerprint density at radius 1 is 0.559 bits per heavy atom. The summed E-state index contributed by atoms with van der Waals surface area (Å²) in [6.07, 6.45) is 3.35. The molecule has 4 nitrogen and oxygen atoms in total. The Balaban J connectivity index is 1.56. The van der Waals surface area contributed by atoms with Gasteiger partial charge in [-0.25, -0.2) is 0 Å². The molecule has 0 aliphatic rings. The van der Waals surface area contributed by atoms with Crippen LogP contribution in [0.3, 0.4) is 0 Å². The van der Waals surface area contributed by atoms with Gasteiger partial charge in [-0.3, -0.25) is 0 Å². The zero-order valence-corrected chi connectivity index (χ0v) is 19.6. The van der Waals surface area contributed by atoms with Crippen molar-refractivity contribution in [2.24, 2.45) is 0 Å². The first kappa shape index (κ1) is 23.2. The second kappa shape index (κ2) is 10.8. The lowest BCUT2D eigenvalue weighted by molar-refractivity contribution is 0.414. The molecule has 4 aromatic carbocycles. The summed E-state index contributed by atoms with van der Waals surface area (Å²) in [6.45, 7) is 0. The molecule has 34 heavy (non-hydrogen) atoms. The standard InChI is InChI=1S/C30H30O4/c1-33-26-8-4-6-22(18-26)10-12-23-13-15-29(32)27(19-23)28-20-24(14-16-30(28)34-2)11-9-21-5-3-7-25(31)17-21/h3-8,13-20,31-32H,9-12H2,1-2H3. The van der Waals surface area contributed by atoms with Crippen molar-refractivity contribution in [2.45, 2.75) is 25.7 Å². The van der Waals surface area contributed by atoms with E-state index in [0.29, 0.717) is 0 Å². The average Bonchev–Trinajstić information content (AvgIpc) is 2.87. The van der Waals surface area contributed by atoms with E-state index in [9.17, 15) is 10.2 Å². The van der Waals surface area contributed by atoms with Gasteiger partial charge < -0.3 is 19.7 Å². The third-order valence-corrected chi connectivity index (χ3v) is 6.06. The van der Waals surface area contributed by atoms with Gasteiger partial charge in [-0.05, 0) is 96.5 Å². The van der Waals surface area contributed by atoms with Crippen molar-refractivity contribution in [3.63, 3.8) is 0 Å². The molecule has 4 aromatic rings. The molecule has 0 aliphatic carbocycles. The van der Waals surface area contributed by atoms with E-state index >= 15 is 0 Å². The Morgan fingerprint density at radius 2 is 1.15 bits per heavy atom. The van der Waals surface area contributed by atoms with Crippen LogP contribution in [-0.2, 0) is 25.7 Å². The molecule has 0 bridgehead atoms. The highest BCUT2D eigenvalue weighted by Gasteiger charge is 2.13. The summed E-state index contributed by atoms with van der Waals surface area (Å²) in [6, 6.07) is 27.3. The molecule has 0 amide bonds. The second-order valence-electron chi connectivity index (χ2n) is 8.41. The van der Waals surface area contributed by atoms with Gasteiger partial charge in [-0.2, -0.15) is 0 Å². The smallest absolute Gasteiger partial charge is 0.126 e. The van der Waals surface area contributed by atoms with Crippen molar-refractivity contribution >= 4 is 0 Å². The molecule has 4 heteroatoms. The van der Waals surface area contributed by atoms with Gasteiger partial charge in [0.15, 0.2) is 0 Å². The van der Waals surface area contributed by atoms with Crippen molar-refractivity contribution in [3.05, 3.63) is 107 Å². The molecular weight excluding hydrogens is 424 g/mol. The summed E-state index contributed by atoms with van der Waals surface area (Å²) in [7, 11) is 3.32. The minimum absolute atomic E-state index is 0.230. The van der Waals surface area contributed by atoms with Crippen LogP contribution >= 0.6 is 0 Å². The minimum atomic E-state index is 0.230. The number of methoxy groups -OCH3 is 2. The van der Waals surface area contributed by atoms with Crippen molar-refractivity contribution in [2.75, 3.05) is 14.2 Å². The SMILES string of the molecule is COc1cccc(CCc2ccc(O)c(-c3cc(CCc4cccc(O)c4)ccc3OC)c2)c1. The number of ether oxygens (including phenoxy) is 2. The number of phenolic OH excluding ortho intramolecular Hbond substituents is 2. The van der Waals surface area contributed by atoms with E-state index in [1.165, 1.54) is 5.56 Å². The van der Waals surface area contributed by atoms with E-state index in [-0.39, 0.29) is 11.5 Å². The summed E-state index contributed by atoms with van der Waals surface area (Å²) in [4.78, 5) is 0. The number of rotatable bonds is 9. The summed E-state index contributed by atoms with van der Waals surface area (Å²) < 4.78 is 11.0. The topological polar surface area (TPSA) is 58.9 Å². The predicted molar refractivity (Wildman–Crippen MR) is 136 cm³/mol. The number of phenols is 2. The highest BCUT2D eigenvalue weighted by atomic mass is 16.5. The molecule has 0 saturated heterocycles. The van der Waals surface area contributed by atoms with Crippen molar-refractivity contribution in [1.29, 1.82) is 0 Å². The van der Waals surface area contributed by atoms with Crippen LogP contribution in [-0.4, -0.2) is 24.4 Å². The fourth-order valence-electron chi connectivity index (χ4n) is 4.19. The molecule has 0 spiro atoms. The van der Waals surface area contributed by atoms with E-state index in [1.807, 2.05) is 42.5 Å². The molecule has 0 unspecified atom stereocenters. The molecule has 0 saturated carbocycles. The van der Waals surface area contributed by atoms with Crippen LogP contribution in [0.4, 0.5) is 0 Å². The number of hydrogen-bond acceptors (Lipinski definition) is 4. The van der Waals surface area contributed by atoms with Gasteiger partial charge in [0.1, 0.15) is 23.0 Å². The molecule has 0 heterocycles.